The van der Waals surface area contributed by atoms with E-state index in [9.17, 15) is 14.4 Å². The van der Waals surface area contributed by atoms with Crippen molar-refractivity contribution in [2.75, 3.05) is 0 Å². The number of carbonyl (C=O) groups is 3. The first-order valence-electron chi connectivity index (χ1n) is 7.61. The fraction of sp³-hybridized carbons (Fsp3) is 0.412. The second kappa shape index (κ2) is 8.67. The van der Waals surface area contributed by atoms with Gasteiger partial charge in [-0.25, -0.2) is 0 Å². The number of hydrogen-bond acceptors (Lipinski definition) is 4. The van der Waals surface area contributed by atoms with E-state index in [-0.39, 0.29) is 18.2 Å². The topological polar surface area (TPSA) is 125 Å². The minimum Gasteiger partial charge on any atom is -0.368 e. The van der Waals surface area contributed by atoms with E-state index < -0.39 is 23.9 Å². The number of carbonyl (C=O) groups excluding carboxylic acids is 3. The summed E-state index contributed by atoms with van der Waals surface area (Å²) in [5.74, 6) is -1.69. The Morgan fingerprint density at radius 1 is 1.21 bits per heavy atom. The third-order valence-corrected chi connectivity index (χ3v) is 3.53. The van der Waals surface area contributed by atoms with Crippen molar-refractivity contribution in [3.8, 4) is 6.07 Å². The maximum absolute atomic E-state index is 12.4. The average Bonchev–Trinajstić information content (AvgIpc) is 2.51. The lowest BCUT2D eigenvalue weighted by atomic mass is 9.99. The Hall–Kier alpha value is -2.88. The fourth-order valence-electron chi connectivity index (χ4n) is 2.27. The quantitative estimate of drug-likeness (QED) is 0.661. The Morgan fingerprint density at radius 3 is 2.33 bits per heavy atom. The smallest absolute Gasteiger partial charge is 0.243 e. The number of hydrogen-bond donors (Lipinski definition) is 3. The largest absolute Gasteiger partial charge is 0.368 e. The van der Waals surface area contributed by atoms with Crippen LogP contribution < -0.4 is 16.4 Å². The molecule has 0 aliphatic heterocycles. The Kier molecular flexibility index (Phi) is 6.93. The maximum atomic E-state index is 12.4. The van der Waals surface area contributed by atoms with Crippen LogP contribution in [0.3, 0.4) is 0 Å². The van der Waals surface area contributed by atoms with Gasteiger partial charge in [0.1, 0.15) is 12.1 Å². The van der Waals surface area contributed by atoms with E-state index in [4.69, 9.17) is 11.0 Å². The zero-order valence-corrected chi connectivity index (χ0v) is 14.0. The molecule has 0 bridgehead atoms. The number of primary amides is 1. The normalized spacial score (nSPS) is 12.8. The molecule has 0 saturated carbocycles. The molecule has 1 aromatic carbocycles. The van der Waals surface area contributed by atoms with Crippen molar-refractivity contribution in [2.24, 2.45) is 11.7 Å². The summed E-state index contributed by atoms with van der Waals surface area (Å²) in [6.45, 7) is 4.88. The number of rotatable bonds is 7. The van der Waals surface area contributed by atoms with E-state index in [1.54, 1.807) is 38.1 Å². The summed E-state index contributed by atoms with van der Waals surface area (Å²) in [6.07, 6.45) is 0.107. The number of nitriles is 1. The van der Waals surface area contributed by atoms with Gasteiger partial charge in [0.05, 0.1) is 11.6 Å². The SMILES string of the molecule is CC(=O)N[C@@H](C(=O)N[C@@H](Cc1ccccc1C#N)C(N)=O)C(C)C. The third-order valence-electron chi connectivity index (χ3n) is 3.53. The summed E-state index contributed by atoms with van der Waals surface area (Å²) >= 11 is 0. The van der Waals surface area contributed by atoms with E-state index in [1.165, 1.54) is 6.92 Å². The van der Waals surface area contributed by atoms with Gasteiger partial charge in [-0.3, -0.25) is 14.4 Å². The predicted octanol–water partition coefficient (Wildman–Crippen LogP) is 0.232. The summed E-state index contributed by atoms with van der Waals surface area (Å²) in [7, 11) is 0. The molecule has 0 aromatic heterocycles. The lowest BCUT2D eigenvalue weighted by molar-refractivity contribution is -0.131. The van der Waals surface area contributed by atoms with Crippen molar-refractivity contribution in [1.29, 1.82) is 5.26 Å². The van der Waals surface area contributed by atoms with Crippen molar-refractivity contribution < 1.29 is 14.4 Å². The van der Waals surface area contributed by atoms with Crippen LogP contribution in [-0.4, -0.2) is 29.8 Å². The number of nitrogens with zero attached hydrogens (tertiary/aromatic N) is 1. The van der Waals surface area contributed by atoms with Crippen molar-refractivity contribution in [1.82, 2.24) is 10.6 Å². The minimum absolute atomic E-state index is 0.107. The standard InChI is InChI=1S/C17H22N4O3/c1-10(2)15(20-11(3)22)17(24)21-14(16(19)23)8-12-6-4-5-7-13(12)9-18/h4-7,10,14-15H,8H2,1-3H3,(H2,19,23)(H,20,22)(H,21,24)/t14-,15+/m0/s1. The van der Waals surface area contributed by atoms with Gasteiger partial charge < -0.3 is 16.4 Å². The van der Waals surface area contributed by atoms with Crippen LogP contribution in [0.15, 0.2) is 24.3 Å². The van der Waals surface area contributed by atoms with Crippen molar-refractivity contribution in [2.45, 2.75) is 39.3 Å². The highest BCUT2D eigenvalue weighted by molar-refractivity contribution is 5.91. The molecule has 0 saturated heterocycles. The molecule has 0 radical (unpaired) electrons. The van der Waals surface area contributed by atoms with Crippen LogP contribution in [0, 0.1) is 17.2 Å². The van der Waals surface area contributed by atoms with Crippen molar-refractivity contribution in [3.63, 3.8) is 0 Å². The zero-order chi connectivity index (χ0) is 18.3. The number of nitrogens with one attached hydrogen (secondary N) is 2. The minimum atomic E-state index is -0.970. The number of benzene rings is 1. The third kappa shape index (κ3) is 5.39. The molecule has 1 aromatic rings. The van der Waals surface area contributed by atoms with Crippen LogP contribution in [0.25, 0.3) is 0 Å². The fourth-order valence-corrected chi connectivity index (χ4v) is 2.27. The van der Waals surface area contributed by atoms with Gasteiger partial charge in [-0.2, -0.15) is 5.26 Å². The molecule has 3 amide bonds. The van der Waals surface area contributed by atoms with Crippen LogP contribution in [0.1, 0.15) is 31.9 Å². The van der Waals surface area contributed by atoms with Crippen molar-refractivity contribution >= 4 is 17.7 Å². The Labute approximate surface area is 141 Å². The van der Waals surface area contributed by atoms with E-state index in [2.05, 4.69) is 10.6 Å². The molecule has 128 valence electrons. The predicted molar refractivity (Wildman–Crippen MR) is 88.4 cm³/mol. The molecule has 0 spiro atoms. The van der Waals surface area contributed by atoms with Gasteiger partial charge in [-0.1, -0.05) is 32.0 Å². The molecule has 0 unspecified atom stereocenters. The first kappa shape index (κ1) is 19.2. The van der Waals surface area contributed by atoms with Gasteiger partial charge in [0.2, 0.25) is 17.7 Å². The second-order valence-electron chi connectivity index (χ2n) is 5.86. The first-order valence-corrected chi connectivity index (χ1v) is 7.61. The van der Waals surface area contributed by atoms with Gasteiger partial charge in [-0.05, 0) is 17.5 Å². The van der Waals surface area contributed by atoms with E-state index in [0.717, 1.165) is 0 Å². The second-order valence-corrected chi connectivity index (χ2v) is 5.86. The van der Waals surface area contributed by atoms with Crippen LogP contribution >= 0.6 is 0 Å². The molecule has 7 heteroatoms. The van der Waals surface area contributed by atoms with Gasteiger partial charge in [0, 0.05) is 13.3 Å². The molecule has 24 heavy (non-hydrogen) atoms. The monoisotopic (exact) mass is 330 g/mol. The van der Waals surface area contributed by atoms with Gasteiger partial charge in [0.25, 0.3) is 0 Å². The summed E-state index contributed by atoms with van der Waals surface area (Å²) in [4.78, 5) is 35.3. The molecule has 0 aliphatic carbocycles. The Bertz CT molecular complexity index is 664. The Morgan fingerprint density at radius 2 is 1.83 bits per heavy atom. The summed E-state index contributed by atoms with van der Waals surface area (Å²) < 4.78 is 0. The lowest BCUT2D eigenvalue weighted by Crippen LogP contribution is -2.55. The molecule has 4 N–H and O–H groups in total. The van der Waals surface area contributed by atoms with Crippen LogP contribution in [0.4, 0.5) is 0 Å². The molecule has 0 aliphatic rings. The van der Waals surface area contributed by atoms with Crippen LogP contribution in [-0.2, 0) is 20.8 Å². The van der Waals surface area contributed by atoms with E-state index in [1.807, 2.05) is 6.07 Å². The van der Waals surface area contributed by atoms with E-state index >= 15 is 0 Å². The molecular formula is C17H22N4O3. The lowest BCUT2D eigenvalue weighted by Gasteiger charge is -2.24. The van der Waals surface area contributed by atoms with Gasteiger partial charge in [-0.15, -0.1) is 0 Å². The molecule has 1 rings (SSSR count). The first-order chi connectivity index (χ1) is 11.3. The van der Waals surface area contributed by atoms with Crippen molar-refractivity contribution in [3.05, 3.63) is 35.4 Å². The highest BCUT2D eigenvalue weighted by Crippen LogP contribution is 2.11. The Balaban J connectivity index is 2.93. The average molecular weight is 330 g/mol. The highest BCUT2D eigenvalue weighted by Gasteiger charge is 2.27. The number of nitrogens with two attached hydrogens (primary N) is 1. The number of amides is 3. The summed E-state index contributed by atoms with van der Waals surface area (Å²) in [6, 6.07) is 7.09. The maximum Gasteiger partial charge on any atom is 0.243 e. The highest BCUT2D eigenvalue weighted by atomic mass is 16.2. The van der Waals surface area contributed by atoms with Gasteiger partial charge >= 0.3 is 0 Å². The molecule has 0 heterocycles. The van der Waals surface area contributed by atoms with Gasteiger partial charge in [0.15, 0.2) is 0 Å². The van der Waals surface area contributed by atoms with Crippen LogP contribution in [0.5, 0.6) is 0 Å². The molecule has 0 fully saturated rings. The summed E-state index contributed by atoms with van der Waals surface area (Å²) in [5, 5.41) is 14.2. The molecular weight excluding hydrogens is 308 g/mol. The van der Waals surface area contributed by atoms with Crippen LogP contribution in [0.2, 0.25) is 0 Å². The molecule has 7 nitrogen and oxygen atoms in total. The van der Waals surface area contributed by atoms with E-state index in [0.29, 0.717) is 11.1 Å². The zero-order valence-electron chi connectivity index (χ0n) is 14.0. The molecule has 2 atom stereocenters. The summed E-state index contributed by atoms with van der Waals surface area (Å²) in [5.41, 5.74) is 6.41.